The molecule has 1 aliphatic heterocycles. The minimum atomic E-state index is -0.488. The van der Waals surface area contributed by atoms with Gasteiger partial charge in [0.2, 0.25) is 17.0 Å². The molecule has 35 heavy (non-hydrogen) atoms. The van der Waals surface area contributed by atoms with E-state index in [4.69, 9.17) is 15.1 Å². The van der Waals surface area contributed by atoms with Crippen LogP contribution < -0.4 is 5.32 Å². The second kappa shape index (κ2) is 9.79. The SMILES string of the molecule is CC1=Nc2nc(SCc3cccc(C)c3)nn2C(c2cccs2)C1C(=O)Nc1ccc(C)cc1C. The molecule has 0 fully saturated rings. The van der Waals surface area contributed by atoms with Crippen LogP contribution in [-0.2, 0) is 10.5 Å². The van der Waals surface area contributed by atoms with Crippen LogP contribution in [0.2, 0.25) is 0 Å². The van der Waals surface area contributed by atoms with E-state index in [1.807, 2.05) is 49.0 Å². The van der Waals surface area contributed by atoms with Crippen LogP contribution in [0.4, 0.5) is 11.6 Å². The molecule has 2 aromatic carbocycles. The first-order chi connectivity index (χ1) is 16.9. The molecule has 6 nitrogen and oxygen atoms in total. The fourth-order valence-corrected chi connectivity index (χ4v) is 6.02. The number of fused-ring (bicyclic) bond motifs is 1. The molecular weight excluding hydrogens is 474 g/mol. The molecule has 5 rings (SSSR count). The van der Waals surface area contributed by atoms with Gasteiger partial charge in [-0.2, -0.15) is 4.98 Å². The lowest BCUT2D eigenvalue weighted by Crippen LogP contribution is -2.38. The normalized spacial score (nSPS) is 17.1. The average Bonchev–Trinajstić information content (AvgIpc) is 3.48. The Morgan fingerprint density at radius 3 is 2.63 bits per heavy atom. The molecule has 0 spiro atoms. The lowest BCUT2D eigenvalue weighted by atomic mass is 9.91. The van der Waals surface area contributed by atoms with E-state index in [0.717, 1.165) is 33.2 Å². The number of thiophene rings is 1. The zero-order chi connectivity index (χ0) is 24.5. The number of aromatic nitrogens is 3. The van der Waals surface area contributed by atoms with Gasteiger partial charge < -0.3 is 5.32 Å². The highest BCUT2D eigenvalue weighted by molar-refractivity contribution is 7.98. The van der Waals surface area contributed by atoms with Crippen LogP contribution in [0.1, 0.15) is 40.1 Å². The summed E-state index contributed by atoms with van der Waals surface area (Å²) in [6, 6.07) is 18.2. The van der Waals surface area contributed by atoms with Crippen molar-refractivity contribution in [2.75, 3.05) is 5.32 Å². The summed E-state index contributed by atoms with van der Waals surface area (Å²) in [5.74, 6) is 0.738. The smallest absolute Gasteiger partial charge is 0.249 e. The molecule has 2 unspecified atom stereocenters. The van der Waals surface area contributed by atoms with E-state index in [0.29, 0.717) is 11.1 Å². The van der Waals surface area contributed by atoms with E-state index >= 15 is 0 Å². The Morgan fingerprint density at radius 1 is 1.06 bits per heavy atom. The van der Waals surface area contributed by atoms with Crippen LogP contribution in [0, 0.1) is 26.7 Å². The van der Waals surface area contributed by atoms with Gasteiger partial charge in [-0.25, -0.2) is 9.67 Å². The molecule has 0 radical (unpaired) electrons. The highest BCUT2D eigenvalue weighted by Crippen LogP contribution is 2.39. The van der Waals surface area contributed by atoms with Crippen LogP contribution in [0.3, 0.4) is 0 Å². The Morgan fingerprint density at radius 2 is 1.89 bits per heavy atom. The van der Waals surface area contributed by atoms with Crippen molar-refractivity contribution in [1.82, 2.24) is 14.8 Å². The van der Waals surface area contributed by atoms with Crippen LogP contribution in [-0.4, -0.2) is 26.4 Å². The lowest BCUT2D eigenvalue weighted by Gasteiger charge is -2.29. The number of amides is 1. The van der Waals surface area contributed by atoms with E-state index in [1.54, 1.807) is 23.1 Å². The van der Waals surface area contributed by atoms with Crippen molar-refractivity contribution in [2.45, 2.75) is 44.6 Å². The van der Waals surface area contributed by atoms with Gasteiger partial charge in [-0.05, 0) is 56.3 Å². The maximum absolute atomic E-state index is 13.6. The van der Waals surface area contributed by atoms with Gasteiger partial charge in [-0.3, -0.25) is 4.79 Å². The summed E-state index contributed by atoms with van der Waals surface area (Å²) in [5.41, 5.74) is 6.21. The van der Waals surface area contributed by atoms with Crippen molar-refractivity contribution in [3.05, 3.63) is 87.1 Å². The minimum absolute atomic E-state index is 0.0910. The first kappa shape index (κ1) is 23.5. The summed E-state index contributed by atoms with van der Waals surface area (Å²) < 4.78 is 1.82. The molecule has 1 amide bonds. The van der Waals surface area contributed by atoms with Crippen molar-refractivity contribution >= 4 is 46.4 Å². The van der Waals surface area contributed by atoms with E-state index in [2.05, 4.69) is 48.6 Å². The number of aryl methyl sites for hydroxylation is 3. The van der Waals surface area contributed by atoms with Gasteiger partial charge in [-0.15, -0.1) is 16.4 Å². The van der Waals surface area contributed by atoms with Crippen molar-refractivity contribution in [2.24, 2.45) is 10.9 Å². The molecule has 1 N–H and O–H groups in total. The second-order valence-corrected chi connectivity index (χ2v) is 10.8. The highest BCUT2D eigenvalue weighted by Gasteiger charge is 2.40. The quantitative estimate of drug-likeness (QED) is 0.306. The molecule has 178 valence electrons. The van der Waals surface area contributed by atoms with Gasteiger partial charge in [0, 0.05) is 22.0 Å². The third-order valence-electron chi connectivity index (χ3n) is 6.11. The zero-order valence-corrected chi connectivity index (χ0v) is 21.8. The molecule has 0 saturated heterocycles. The summed E-state index contributed by atoms with van der Waals surface area (Å²) in [7, 11) is 0. The van der Waals surface area contributed by atoms with Crippen molar-refractivity contribution in [1.29, 1.82) is 0 Å². The largest absolute Gasteiger partial charge is 0.325 e. The number of aliphatic imine (C=N–C) groups is 1. The number of hydrogen-bond acceptors (Lipinski definition) is 6. The number of carbonyl (C=O) groups is 1. The van der Waals surface area contributed by atoms with Crippen molar-refractivity contribution in [3.63, 3.8) is 0 Å². The minimum Gasteiger partial charge on any atom is -0.325 e. The number of nitrogens with one attached hydrogen (secondary N) is 1. The van der Waals surface area contributed by atoms with Crippen LogP contribution in [0.25, 0.3) is 0 Å². The summed E-state index contributed by atoms with van der Waals surface area (Å²) >= 11 is 3.20. The first-order valence-corrected chi connectivity index (χ1v) is 13.4. The number of benzene rings is 2. The number of anilines is 1. The predicted molar refractivity (Wildman–Crippen MR) is 144 cm³/mol. The van der Waals surface area contributed by atoms with Crippen LogP contribution in [0.15, 0.2) is 70.1 Å². The molecule has 8 heteroatoms. The number of hydrogen-bond donors (Lipinski definition) is 1. The van der Waals surface area contributed by atoms with E-state index in [9.17, 15) is 4.79 Å². The molecule has 0 bridgehead atoms. The number of rotatable bonds is 6. The monoisotopic (exact) mass is 501 g/mol. The fourth-order valence-electron chi connectivity index (χ4n) is 4.41. The summed E-state index contributed by atoms with van der Waals surface area (Å²) in [6.07, 6.45) is 0. The van der Waals surface area contributed by atoms with Gasteiger partial charge in [0.05, 0.1) is 0 Å². The molecule has 4 aromatic rings. The van der Waals surface area contributed by atoms with Gasteiger partial charge in [0.15, 0.2) is 0 Å². The number of thioether (sulfide) groups is 1. The van der Waals surface area contributed by atoms with Gasteiger partial charge in [0.1, 0.15) is 12.0 Å². The third-order valence-corrected chi connectivity index (χ3v) is 7.96. The molecule has 0 aliphatic carbocycles. The highest BCUT2D eigenvalue weighted by atomic mass is 32.2. The average molecular weight is 502 g/mol. The number of nitrogens with zero attached hydrogens (tertiary/aromatic N) is 4. The van der Waals surface area contributed by atoms with Crippen LogP contribution >= 0.6 is 23.1 Å². The zero-order valence-electron chi connectivity index (χ0n) is 20.1. The topological polar surface area (TPSA) is 72.2 Å². The fraction of sp³-hybridized carbons (Fsp3) is 0.259. The number of carbonyl (C=O) groups excluding carboxylic acids is 1. The summed E-state index contributed by atoms with van der Waals surface area (Å²) in [6.45, 7) is 8.05. The van der Waals surface area contributed by atoms with Crippen molar-refractivity contribution < 1.29 is 4.79 Å². The van der Waals surface area contributed by atoms with Gasteiger partial charge >= 0.3 is 0 Å². The van der Waals surface area contributed by atoms with Gasteiger partial charge in [-0.1, -0.05) is 65.4 Å². The molecule has 0 saturated carbocycles. The molecule has 2 atom stereocenters. The first-order valence-electron chi connectivity index (χ1n) is 11.5. The van der Waals surface area contributed by atoms with Gasteiger partial charge in [0.25, 0.3) is 0 Å². The maximum atomic E-state index is 13.6. The Bertz CT molecular complexity index is 1410. The Kier molecular flexibility index (Phi) is 6.58. The molecular formula is C27H27N5OS2. The Hall–Kier alpha value is -3.23. The van der Waals surface area contributed by atoms with Crippen LogP contribution in [0.5, 0.6) is 0 Å². The Balaban J connectivity index is 1.45. The summed E-state index contributed by atoms with van der Waals surface area (Å²) in [4.78, 5) is 24.1. The molecule has 2 aromatic heterocycles. The standard InChI is InChI=1S/C27H27N5OS2/c1-16-7-5-8-20(14-16)15-35-27-30-26-28-19(4)23(24(32(26)31-27)22-9-6-12-34-22)25(33)29-21-11-10-17(2)13-18(21)3/h5-14,23-24H,15H2,1-4H3,(H,29,33). The second-order valence-electron chi connectivity index (χ2n) is 8.92. The van der Waals surface area contributed by atoms with E-state index in [1.165, 1.54) is 11.1 Å². The van der Waals surface area contributed by atoms with Crippen molar-refractivity contribution in [3.8, 4) is 0 Å². The van der Waals surface area contributed by atoms with E-state index in [-0.39, 0.29) is 11.9 Å². The predicted octanol–water partition coefficient (Wildman–Crippen LogP) is 6.51. The molecule has 3 heterocycles. The van der Waals surface area contributed by atoms with E-state index < -0.39 is 5.92 Å². The Labute approximate surface area is 213 Å². The molecule has 1 aliphatic rings. The third kappa shape index (κ3) is 4.94. The summed E-state index contributed by atoms with van der Waals surface area (Å²) in [5, 5.41) is 10.6. The maximum Gasteiger partial charge on any atom is 0.249 e. The lowest BCUT2D eigenvalue weighted by molar-refractivity contribution is -0.118.